The van der Waals surface area contributed by atoms with Crippen molar-refractivity contribution in [3.63, 3.8) is 0 Å². The van der Waals surface area contributed by atoms with Crippen molar-refractivity contribution >= 4 is 5.78 Å². The summed E-state index contributed by atoms with van der Waals surface area (Å²) in [6.45, 7) is 7.21. The van der Waals surface area contributed by atoms with Crippen LogP contribution >= 0.6 is 0 Å². The van der Waals surface area contributed by atoms with Gasteiger partial charge in [0, 0.05) is 5.56 Å². The number of ether oxygens (including phenoxy) is 1. The molecule has 0 saturated carbocycles. The fourth-order valence-corrected chi connectivity index (χ4v) is 1.87. The van der Waals surface area contributed by atoms with Gasteiger partial charge >= 0.3 is 6.18 Å². The Morgan fingerprint density at radius 1 is 1.16 bits per heavy atom. The number of carbonyl (C=O) groups excluding carboxylic acids is 1. The molecule has 5 heteroatoms. The number of Topliss-reactive ketones (excluding diaryl/α,β-unsaturated/α-hetero) is 1. The lowest BCUT2D eigenvalue weighted by atomic mass is 9.83. The first-order valence-electron chi connectivity index (χ1n) is 5.79. The molecular formula is C14H17F3O2. The van der Waals surface area contributed by atoms with Gasteiger partial charge in [0.25, 0.3) is 5.78 Å². The molecule has 0 saturated heterocycles. The van der Waals surface area contributed by atoms with Crippen molar-refractivity contribution in [3.05, 3.63) is 28.8 Å². The summed E-state index contributed by atoms with van der Waals surface area (Å²) < 4.78 is 42.9. The maximum atomic E-state index is 12.6. The molecule has 0 aliphatic heterocycles. The Balaban J connectivity index is 3.58. The second-order valence-corrected chi connectivity index (χ2v) is 5.47. The highest BCUT2D eigenvalue weighted by molar-refractivity contribution is 6.03. The fourth-order valence-electron chi connectivity index (χ4n) is 1.87. The summed E-state index contributed by atoms with van der Waals surface area (Å²) in [4.78, 5) is 11.5. The summed E-state index contributed by atoms with van der Waals surface area (Å²) in [6, 6.07) is 2.95. The maximum absolute atomic E-state index is 12.6. The molecular weight excluding hydrogens is 257 g/mol. The van der Waals surface area contributed by atoms with Crippen LogP contribution in [0, 0.1) is 6.92 Å². The van der Waals surface area contributed by atoms with Crippen LogP contribution in [0.25, 0.3) is 0 Å². The van der Waals surface area contributed by atoms with Crippen LogP contribution in [0.5, 0.6) is 5.75 Å². The fraction of sp³-hybridized carbons (Fsp3) is 0.500. The molecule has 0 amide bonds. The molecule has 0 aliphatic rings. The Bertz CT molecular complexity index is 497. The van der Waals surface area contributed by atoms with Crippen LogP contribution in [0.3, 0.4) is 0 Å². The largest absolute Gasteiger partial charge is 0.496 e. The van der Waals surface area contributed by atoms with E-state index in [0.29, 0.717) is 11.1 Å². The van der Waals surface area contributed by atoms with Crippen LogP contribution in [-0.2, 0) is 5.41 Å². The minimum absolute atomic E-state index is 0.000394. The number of halogens is 3. The molecule has 0 radical (unpaired) electrons. The van der Waals surface area contributed by atoms with E-state index in [1.165, 1.54) is 13.2 Å². The third-order valence-electron chi connectivity index (χ3n) is 2.75. The number of rotatable bonds is 2. The van der Waals surface area contributed by atoms with E-state index < -0.39 is 22.9 Å². The first kappa shape index (κ1) is 15.5. The molecule has 2 nitrogen and oxygen atoms in total. The molecule has 0 heterocycles. The van der Waals surface area contributed by atoms with Gasteiger partial charge in [-0.15, -0.1) is 0 Å². The molecule has 1 aromatic carbocycles. The third-order valence-corrected chi connectivity index (χ3v) is 2.75. The van der Waals surface area contributed by atoms with Crippen LogP contribution in [0.2, 0.25) is 0 Å². The molecule has 0 fully saturated rings. The van der Waals surface area contributed by atoms with Crippen LogP contribution < -0.4 is 4.74 Å². The number of aryl methyl sites for hydroxylation is 1. The Hall–Kier alpha value is -1.52. The highest BCUT2D eigenvalue weighted by atomic mass is 19.4. The second-order valence-electron chi connectivity index (χ2n) is 5.47. The monoisotopic (exact) mass is 274 g/mol. The minimum Gasteiger partial charge on any atom is -0.496 e. The Morgan fingerprint density at radius 3 is 2.05 bits per heavy atom. The van der Waals surface area contributed by atoms with Crippen LogP contribution in [-0.4, -0.2) is 19.1 Å². The van der Waals surface area contributed by atoms with E-state index in [9.17, 15) is 18.0 Å². The number of carbonyl (C=O) groups is 1. The topological polar surface area (TPSA) is 26.3 Å². The Kier molecular flexibility index (Phi) is 3.98. The van der Waals surface area contributed by atoms with Gasteiger partial charge in [0.15, 0.2) is 0 Å². The van der Waals surface area contributed by atoms with Crippen molar-refractivity contribution in [2.45, 2.75) is 39.3 Å². The van der Waals surface area contributed by atoms with Gasteiger partial charge in [-0.25, -0.2) is 0 Å². The number of alkyl halides is 3. The number of benzene rings is 1. The summed E-state index contributed by atoms with van der Waals surface area (Å²) in [5.41, 5.74) is 0.332. The first-order chi connectivity index (χ1) is 8.48. The zero-order chi connectivity index (χ0) is 15.0. The average molecular weight is 274 g/mol. The molecule has 0 bridgehead atoms. The Labute approximate surface area is 110 Å². The lowest BCUT2D eigenvalue weighted by Crippen LogP contribution is -2.25. The number of ketones is 1. The lowest BCUT2D eigenvalue weighted by molar-refractivity contribution is -0.0886. The second kappa shape index (κ2) is 4.87. The number of hydrogen-bond donors (Lipinski definition) is 0. The van der Waals surface area contributed by atoms with Gasteiger partial charge in [0.05, 0.1) is 12.7 Å². The highest BCUT2D eigenvalue weighted by Gasteiger charge is 2.41. The standard InChI is InChI=1S/C14H17F3O2/c1-8-6-9(12(18)14(15,16)17)11(19-5)10(7-8)13(2,3)4/h6-7H,1-5H3. The molecule has 0 unspecified atom stereocenters. The first-order valence-corrected chi connectivity index (χ1v) is 5.79. The molecule has 1 rings (SSSR count). The van der Waals surface area contributed by atoms with Crippen molar-refractivity contribution in [1.29, 1.82) is 0 Å². The molecule has 0 atom stereocenters. The molecule has 0 N–H and O–H groups in total. The van der Waals surface area contributed by atoms with Crippen molar-refractivity contribution in [3.8, 4) is 5.75 Å². The summed E-state index contributed by atoms with van der Waals surface area (Å²) >= 11 is 0. The molecule has 0 aliphatic carbocycles. The van der Waals surface area contributed by atoms with E-state index >= 15 is 0 Å². The normalized spacial score (nSPS) is 12.4. The van der Waals surface area contributed by atoms with E-state index in [2.05, 4.69) is 0 Å². The third kappa shape index (κ3) is 3.28. The smallest absolute Gasteiger partial charge is 0.455 e. The Morgan fingerprint density at radius 2 is 1.68 bits per heavy atom. The van der Waals surface area contributed by atoms with Gasteiger partial charge in [0.2, 0.25) is 0 Å². The zero-order valence-electron chi connectivity index (χ0n) is 11.6. The molecule has 1 aromatic rings. The van der Waals surface area contributed by atoms with Crippen LogP contribution in [0.1, 0.15) is 42.3 Å². The molecule has 106 valence electrons. The van der Waals surface area contributed by atoms with Gasteiger partial charge in [0.1, 0.15) is 5.75 Å². The molecule has 19 heavy (non-hydrogen) atoms. The zero-order valence-corrected chi connectivity index (χ0v) is 11.6. The SMILES string of the molecule is COc1c(C(=O)C(F)(F)F)cc(C)cc1C(C)(C)C. The molecule has 0 spiro atoms. The van der Waals surface area contributed by atoms with Crippen molar-refractivity contribution in [2.24, 2.45) is 0 Å². The van der Waals surface area contributed by atoms with E-state index in [0.717, 1.165) is 0 Å². The van der Waals surface area contributed by atoms with Crippen LogP contribution in [0.15, 0.2) is 12.1 Å². The quantitative estimate of drug-likeness (QED) is 0.761. The average Bonchev–Trinajstić information content (AvgIpc) is 2.24. The molecule has 0 aromatic heterocycles. The van der Waals surface area contributed by atoms with E-state index in [1.54, 1.807) is 13.0 Å². The number of methoxy groups -OCH3 is 1. The van der Waals surface area contributed by atoms with E-state index in [1.807, 2.05) is 20.8 Å². The van der Waals surface area contributed by atoms with Gasteiger partial charge in [-0.2, -0.15) is 13.2 Å². The van der Waals surface area contributed by atoms with Crippen molar-refractivity contribution in [2.75, 3.05) is 7.11 Å². The van der Waals surface area contributed by atoms with E-state index in [-0.39, 0.29) is 5.75 Å². The lowest BCUT2D eigenvalue weighted by Gasteiger charge is -2.24. The summed E-state index contributed by atoms with van der Waals surface area (Å²) in [5, 5.41) is 0. The summed E-state index contributed by atoms with van der Waals surface area (Å²) in [7, 11) is 1.27. The predicted octanol–water partition coefficient (Wildman–Crippen LogP) is 4.05. The van der Waals surface area contributed by atoms with Crippen LogP contribution in [0.4, 0.5) is 13.2 Å². The summed E-state index contributed by atoms with van der Waals surface area (Å²) in [5.74, 6) is -1.88. The van der Waals surface area contributed by atoms with E-state index in [4.69, 9.17) is 4.74 Å². The maximum Gasteiger partial charge on any atom is 0.455 e. The van der Waals surface area contributed by atoms with Gasteiger partial charge in [-0.3, -0.25) is 4.79 Å². The predicted molar refractivity (Wildman–Crippen MR) is 66.8 cm³/mol. The summed E-state index contributed by atoms with van der Waals surface area (Å²) in [6.07, 6.45) is -4.91. The van der Waals surface area contributed by atoms with Crippen molar-refractivity contribution in [1.82, 2.24) is 0 Å². The van der Waals surface area contributed by atoms with Gasteiger partial charge < -0.3 is 4.74 Å². The minimum atomic E-state index is -4.91. The van der Waals surface area contributed by atoms with Gasteiger partial charge in [-0.1, -0.05) is 26.8 Å². The highest BCUT2D eigenvalue weighted by Crippen LogP contribution is 2.37. The van der Waals surface area contributed by atoms with Gasteiger partial charge in [-0.05, 0) is 24.0 Å². The number of hydrogen-bond acceptors (Lipinski definition) is 2. The van der Waals surface area contributed by atoms with Crippen molar-refractivity contribution < 1.29 is 22.7 Å².